The second kappa shape index (κ2) is 9.51. The number of aromatic nitrogens is 2. The Balaban J connectivity index is 1.74. The van der Waals surface area contributed by atoms with Crippen LogP contribution in [0.25, 0.3) is 10.2 Å². The lowest BCUT2D eigenvalue weighted by molar-refractivity contribution is -0.116. The van der Waals surface area contributed by atoms with Gasteiger partial charge in [-0.2, -0.15) is 4.31 Å². The Morgan fingerprint density at radius 3 is 2.53 bits per heavy atom. The van der Waals surface area contributed by atoms with Crippen molar-refractivity contribution in [3.63, 3.8) is 0 Å². The van der Waals surface area contributed by atoms with Crippen LogP contribution in [-0.4, -0.2) is 41.7 Å². The van der Waals surface area contributed by atoms with E-state index in [1.807, 2.05) is 13.8 Å². The van der Waals surface area contributed by atoms with Gasteiger partial charge in [-0.1, -0.05) is 19.9 Å². The SMILES string of the molecule is CCN(CC)S(=O)(=O)c1cc(NC(=O)CCc2nc3sc(C)c(C)c3c(=O)[nH]2)ccc1C. The molecule has 0 aliphatic heterocycles. The van der Waals surface area contributed by atoms with E-state index in [1.54, 1.807) is 32.9 Å². The van der Waals surface area contributed by atoms with Crippen LogP contribution < -0.4 is 10.9 Å². The summed E-state index contributed by atoms with van der Waals surface area (Å²) in [5.74, 6) is 0.161. The Labute approximate surface area is 191 Å². The van der Waals surface area contributed by atoms with E-state index in [9.17, 15) is 18.0 Å². The quantitative estimate of drug-likeness (QED) is 0.517. The number of hydrogen-bond donors (Lipinski definition) is 2. The minimum absolute atomic E-state index is 0.101. The molecular weight excluding hydrogens is 448 g/mol. The van der Waals surface area contributed by atoms with E-state index in [1.165, 1.54) is 21.7 Å². The van der Waals surface area contributed by atoms with Crippen molar-refractivity contribution in [1.82, 2.24) is 14.3 Å². The third-order valence-electron chi connectivity index (χ3n) is 5.47. The number of fused-ring (bicyclic) bond motifs is 1. The van der Waals surface area contributed by atoms with E-state index in [0.29, 0.717) is 40.4 Å². The summed E-state index contributed by atoms with van der Waals surface area (Å²) in [6.07, 6.45) is 0.368. The van der Waals surface area contributed by atoms with Crippen molar-refractivity contribution < 1.29 is 13.2 Å². The van der Waals surface area contributed by atoms with Crippen molar-refractivity contribution in [1.29, 1.82) is 0 Å². The van der Waals surface area contributed by atoms with Crippen LogP contribution in [0.5, 0.6) is 0 Å². The van der Waals surface area contributed by atoms with Crippen molar-refractivity contribution in [3.05, 3.63) is 50.4 Å². The molecule has 3 rings (SSSR count). The molecule has 0 bridgehead atoms. The molecule has 8 nitrogen and oxygen atoms in total. The molecule has 0 saturated carbocycles. The zero-order chi connectivity index (χ0) is 23.6. The molecule has 0 unspecified atom stereocenters. The lowest BCUT2D eigenvalue weighted by Gasteiger charge is -2.20. The minimum Gasteiger partial charge on any atom is -0.326 e. The Morgan fingerprint density at radius 1 is 1.19 bits per heavy atom. The average Bonchev–Trinajstić information content (AvgIpc) is 3.02. The fourth-order valence-electron chi connectivity index (χ4n) is 3.53. The Morgan fingerprint density at radius 2 is 1.88 bits per heavy atom. The average molecular weight is 477 g/mol. The molecule has 2 aromatic heterocycles. The Kier molecular flexibility index (Phi) is 7.16. The van der Waals surface area contributed by atoms with Crippen LogP contribution in [0.4, 0.5) is 5.69 Å². The lowest BCUT2D eigenvalue weighted by atomic mass is 10.2. The number of H-pyrrole nitrogens is 1. The number of carbonyl (C=O) groups excluding carboxylic acids is 1. The fourth-order valence-corrected chi connectivity index (χ4v) is 6.29. The molecular formula is C22H28N4O4S2. The highest BCUT2D eigenvalue weighted by molar-refractivity contribution is 7.89. The highest BCUT2D eigenvalue weighted by atomic mass is 32.2. The smallest absolute Gasteiger partial charge is 0.259 e. The van der Waals surface area contributed by atoms with Crippen LogP contribution in [0.15, 0.2) is 27.9 Å². The Bertz CT molecular complexity index is 1320. The normalized spacial score (nSPS) is 11.9. The van der Waals surface area contributed by atoms with Crippen LogP contribution in [0.2, 0.25) is 0 Å². The third-order valence-corrected chi connectivity index (χ3v) is 8.77. The van der Waals surface area contributed by atoms with Gasteiger partial charge in [0, 0.05) is 36.5 Å². The molecule has 0 spiro atoms. The summed E-state index contributed by atoms with van der Waals surface area (Å²) < 4.78 is 27.2. The molecule has 32 heavy (non-hydrogen) atoms. The van der Waals surface area contributed by atoms with Crippen molar-refractivity contribution >= 4 is 43.2 Å². The van der Waals surface area contributed by atoms with Gasteiger partial charge in [-0.3, -0.25) is 9.59 Å². The number of nitrogens with one attached hydrogen (secondary N) is 2. The molecule has 3 aromatic rings. The summed E-state index contributed by atoms with van der Waals surface area (Å²) >= 11 is 1.46. The second-order valence-electron chi connectivity index (χ2n) is 7.59. The molecule has 2 N–H and O–H groups in total. The topological polar surface area (TPSA) is 112 Å². The standard InChI is InChI=1S/C22H28N4O4S2/c1-6-26(7-2)32(29,30)17-12-16(9-8-13(17)3)23-19(27)11-10-18-24-21(28)20-14(4)15(5)31-22(20)25-18/h8-9,12H,6-7,10-11H2,1-5H3,(H,23,27)(H,24,25,28). The largest absolute Gasteiger partial charge is 0.326 e. The molecule has 0 aliphatic carbocycles. The number of benzene rings is 1. The molecule has 172 valence electrons. The third kappa shape index (κ3) is 4.77. The molecule has 1 amide bonds. The first-order valence-electron chi connectivity index (χ1n) is 10.5. The second-order valence-corrected chi connectivity index (χ2v) is 10.7. The molecule has 0 saturated heterocycles. The van der Waals surface area contributed by atoms with Gasteiger partial charge in [0.25, 0.3) is 5.56 Å². The molecule has 0 fully saturated rings. The van der Waals surface area contributed by atoms with Gasteiger partial charge in [0.2, 0.25) is 15.9 Å². The van der Waals surface area contributed by atoms with Crippen LogP contribution in [0, 0.1) is 20.8 Å². The summed E-state index contributed by atoms with van der Waals surface area (Å²) in [5.41, 5.74) is 1.76. The summed E-state index contributed by atoms with van der Waals surface area (Å²) in [6, 6.07) is 4.85. The number of aryl methyl sites for hydroxylation is 4. The van der Waals surface area contributed by atoms with Crippen molar-refractivity contribution in [2.75, 3.05) is 18.4 Å². The predicted molar refractivity (Wildman–Crippen MR) is 128 cm³/mol. The highest BCUT2D eigenvalue weighted by Crippen LogP contribution is 2.26. The number of sulfonamides is 1. The van der Waals surface area contributed by atoms with E-state index in [4.69, 9.17) is 0 Å². The van der Waals surface area contributed by atoms with Gasteiger partial charge in [0.1, 0.15) is 10.7 Å². The maximum atomic E-state index is 12.9. The Hall–Kier alpha value is -2.56. The summed E-state index contributed by atoms with van der Waals surface area (Å²) in [7, 11) is -3.64. The van der Waals surface area contributed by atoms with Crippen molar-refractivity contribution in [3.8, 4) is 0 Å². The number of thiophene rings is 1. The number of hydrogen-bond acceptors (Lipinski definition) is 6. The zero-order valence-corrected chi connectivity index (χ0v) is 20.5. The zero-order valence-electron chi connectivity index (χ0n) is 18.9. The van der Waals surface area contributed by atoms with Gasteiger partial charge < -0.3 is 10.3 Å². The van der Waals surface area contributed by atoms with Gasteiger partial charge >= 0.3 is 0 Å². The summed E-state index contributed by atoms with van der Waals surface area (Å²) in [6.45, 7) is 9.89. The molecule has 2 heterocycles. The monoisotopic (exact) mass is 476 g/mol. The van der Waals surface area contributed by atoms with E-state index in [-0.39, 0.29) is 29.2 Å². The van der Waals surface area contributed by atoms with Crippen LogP contribution in [-0.2, 0) is 21.2 Å². The van der Waals surface area contributed by atoms with Gasteiger partial charge in [-0.05, 0) is 44.0 Å². The van der Waals surface area contributed by atoms with Gasteiger partial charge in [-0.25, -0.2) is 13.4 Å². The minimum atomic E-state index is -3.64. The molecule has 10 heteroatoms. The highest BCUT2D eigenvalue weighted by Gasteiger charge is 2.24. The summed E-state index contributed by atoms with van der Waals surface area (Å²) in [4.78, 5) is 34.0. The number of carbonyl (C=O) groups is 1. The fraction of sp³-hybridized carbons (Fsp3) is 0.409. The predicted octanol–water partition coefficient (Wildman–Crippen LogP) is 3.51. The van der Waals surface area contributed by atoms with E-state index in [2.05, 4.69) is 15.3 Å². The number of aromatic amines is 1. The summed E-state index contributed by atoms with van der Waals surface area (Å²) in [5, 5.41) is 3.35. The lowest BCUT2D eigenvalue weighted by Crippen LogP contribution is -2.31. The molecule has 0 aliphatic rings. The number of rotatable bonds is 8. The molecule has 0 radical (unpaired) electrons. The maximum absolute atomic E-state index is 12.9. The van der Waals surface area contributed by atoms with Crippen LogP contribution >= 0.6 is 11.3 Å². The first-order valence-corrected chi connectivity index (χ1v) is 12.7. The number of nitrogens with zero attached hydrogens (tertiary/aromatic N) is 2. The molecule has 0 atom stereocenters. The number of amides is 1. The van der Waals surface area contributed by atoms with E-state index in [0.717, 1.165) is 10.4 Å². The van der Waals surface area contributed by atoms with Gasteiger partial charge in [-0.15, -0.1) is 11.3 Å². The van der Waals surface area contributed by atoms with Crippen LogP contribution in [0.1, 0.15) is 42.1 Å². The van der Waals surface area contributed by atoms with Crippen LogP contribution in [0.3, 0.4) is 0 Å². The van der Waals surface area contributed by atoms with Gasteiger partial charge in [0.05, 0.1) is 10.3 Å². The first-order chi connectivity index (χ1) is 15.1. The first kappa shape index (κ1) is 24.1. The molecule has 1 aromatic carbocycles. The van der Waals surface area contributed by atoms with E-state index < -0.39 is 10.0 Å². The maximum Gasteiger partial charge on any atom is 0.259 e. The number of anilines is 1. The van der Waals surface area contributed by atoms with Crippen molar-refractivity contribution in [2.24, 2.45) is 0 Å². The van der Waals surface area contributed by atoms with E-state index >= 15 is 0 Å². The van der Waals surface area contributed by atoms with Gasteiger partial charge in [0.15, 0.2) is 0 Å². The van der Waals surface area contributed by atoms with Crippen molar-refractivity contribution in [2.45, 2.75) is 52.4 Å².